The smallest absolute Gasteiger partial charge is 0.320 e. The van der Waals surface area contributed by atoms with Gasteiger partial charge in [0.15, 0.2) is 0 Å². The zero-order valence-corrected chi connectivity index (χ0v) is 7.57. The van der Waals surface area contributed by atoms with Gasteiger partial charge >= 0.3 is 6.03 Å². The van der Waals surface area contributed by atoms with E-state index in [0.717, 1.165) is 0 Å². The van der Waals surface area contributed by atoms with Crippen LogP contribution in [0.15, 0.2) is 25.0 Å². The zero-order chi connectivity index (χ0) is 9.84. The molecule has 1 saturated heterocycles. The Bertz CT molecular complexity index is 238. The van der Waals surface area contributed by atoms with Crippen molar-refractivity contribution in [2.45, 2.75) is 0 Å². The third kappa shape index (κ3) is 2.24. The van der Waals surface area contributed by atoms with Crippen LogP contribution >= 0.6 is 0 Å². The molecule has 0 aromatic rings. The fraction of sp³-hybridized carbons (Fsp3) is 0.444. The molecule has 0 saturated carbocycles. The van der Waals surface area contributed by atoms with Gasteiger partial charge < -0.3 is 14.9 Å². The summed E-state index contributed by atoms with van der Waals surface area (Å²) in [6, 6.07) is -0.0601. The molecule has 0 bridgehead atoms. The molecule has 1 aliphatic heterocycles. The van der Waals surface area contributed by atoms with Crippen LogP contribution in [0.4, 0.5) is 4.79 Å². The molecule has 1 rings (SSSR count). The molecule has 0 radical (unpaired) electrons. The monoisotopic (exact) mass is 182 g/mol. The molecule has 0 aromatic carbocycles. The van der Waals surface area contributed by atoms with Gasteiger partial charge in [0, 0.05) is 19.6 Å². The van der Waals surface area contributed by atoms with Crippen LogP contribution in [0.3, 0.4) is 0 Å². The second-order valence-corrected chi connectivity index (χ2v) is 3.01. The number of hydrogen-bond donors (Lipinski definition) is 1. The highest BCUT2D eigenvalue weighted by Gasteiger charge is 2.27. The maximum absolute atomic E-state index is 11.5. The van der Waals surface area contributed by atoms with Crippen LogP contribution in [0.1, 0.15) is 0 Å². The van der Waals surface area contributed by atoms with E-state index in [1.54, 1.807) is 15.9 Å². The minimum atomic E-state index is -0.0601. The Labute approximate surface area is 77.7 Å². The van der Waals surface area contributed by atoms with E-state index in [4.69, 9.17) is 5.11 Å². The van der Waals surface area contributed by atoms with Gasteiger partial charge in [0.25, 0.3) is 0 Å². The van der Waals surface area contributed by atoms with E-state index in [1.165, 1.54) is 0 Å². The lowest BCUT2D eigenvalue weighted by Crippen LogP contribution is -2.33. The Morgan fingerprint density at radius 3 is 2.69 bits per heavy atom. The molecule has 0 aliphatic carbocycles. The lowest BCUT2D eigenvalue weighted by molar-refractivity contribution is 0.193. The van der Waals surface area contributed by atoms with E-state index < -0.39 is 0 Å². The number of nitrogens with zero attached hydrogens (tertiary/aromatic N) is 2. The molecule has 1 heterocycles. The molecule has 1 N–H and O–H groups in total. The largest absolute Gasteiger partial charge is 0.511 e. The molecule has 72 valence electrons. The number of amides is 2. The van der Waals surface area contributed by atoms with Crippen LogP contribution in [0, 0.1) is 0 Å². The summed E-state index contributed by atoms with van der Waals surface area (Å²) in [7, 11) is 0. The van der Waals surface area contributed by atoms with Gasteiger partial charge in [-0.2, -0.15) is 0 Å². The van der Waals surface area contributed by atoms with E-state index >= 15 is 0 Å². The summed E-state index contributed by atoms with van der Waals surface area (Å²) in [6.07, 6.45) is 1.69. The lowest BCUT2D eigenvalue weighted by Gasteiger charge is -2.16. The van der Waals surface area contributed by atoms with Gasteiger partial charge in [-0.05, 0) is 0 Å². The van der Waals surface area contributed by atoms with E-state index in [0.29, 0.717) is 19.6 Å². The number of carbonyl (C=O) groups is 1. The standard InChI is InChI=1S/C9H14N2O2/c1-3-4-10-5-6-11(9(10)13)7-8(2)12/h3,12H,1-2,4-7H2. The summed E-state index contributed by atoms with van der Waals surface area (Å²) in [5.74, 6) is 0.0220. The molecule has 0 unspecified atom stereocenters. The van der Waals surface area contributed by atoms with Crippen molar-refractivity contribution in [3.8, 4) is 0 Å². The van der Waals surface area contributed by atoms with Crippen LogP contribution in [-0.4, -0.2) is 47.1 Å². The quantitative estimate of drug-likeness (QED) is 0.520. The van der Waals surface area contributed by atoms with Crippen molar-refractivity contribution < 1.29 is 9.90 Å². The van der Waals surface area contributed by atoms with E-state index in [2.05, 4.69) is 13.2 Å². The van der Waals surface area contributed by atoms with E-state index in [-0.39, 0.29) is 18.3 Å². The minimum absolute atomic E-state index is 0.0220. The molecule has 1 fully saturated rings. The molecule has 4 heteroatoms. The predicted molar refractivity (Wildman–Crippen MR) is 50.5 cm³/mol. The fourth-order valence-corrected chi connectivity index (χ4v) is 1.32. The minimum Gasteiger partial charge on any atom is -0.511 e. The molecule has 1 aliphatic rings. The zero-order valence-electron chi connectivity index (χ0n) is 7.57. The van der Waals surface area contributed by atoms with Crippen molar-refractivity contribution in [2.75, 3.05) is 26.2 Å². The Morgan fingerprint density at radius 2 is 2.15 bits per heavy atom. The van der Waals surface area contributed by atoms with Gasteiger partial charge in [0.05, 0.1) is 6.54 Å². The SMILES string of the molecule is C=CCN1CCN(CC(=C)O)C1=O. The summed E-state index contributed by atoms with van der Waals surface area (Å²) < 4.78 is 0. The highest BCUT2D eigenvalue weighted by atomic mass is 16.3. The van der Waals surface area contributed by atoms with Crippen molar-refractivity contribution >= 4 is 6.03 Å². The highest BCUT2D eigenvalue weighted by molar-refractivity contribution is 5.76. The normalized spacial score (nSPS) is 16.5. The maximum Gasteiger partial charge on any atom is 0.320 e. The molecule has 13 heavy (non-hydrogen) atoms. The Balaban J connectivity index is 2.49. The van der Waals surface area contributed by atoms with Crippen LogP contribution in [0.5, 0.6) is 0 Å². The van der Waals surface area contributed by atoms with Crippen LogP contribution in [0.2, 0.25) is 0 Å². The number of urea groups is 1. The number of aliphatic hydroxyl groups is 1. The molecule has 0 aromatic heterocycles. The van der Waals surface area contributed by atoms with Gasteiger partial charge in [-0.25, -0.2) is 4.79 Å². The van der Waals surface area contributed by atoms with Crippen LogP contribution in [0.25, 0.3) is 0 Å². The molecule has 2 amide bonds. The Hall–Kier alpha value is -1.45. The van der Waals surface area contributed by atoms with Gasteiger partial charge in [-0.15, -0.1) is 6.58 Å². The summed E-state index contributed by atoms with van der Waals surface area (Å²) in [5.41, 5.74) is 0. The first-order valence-corrected chi connectivity index (χ1v) is 4.16. The first kappa shape index (κ1) is 9.64. The van der Waals surface area contributed by atoms with Crippen LogP contribution in [-0.2, 0) is 0 Å². The summed E-state index contributed by atoms with van der Waals surface area (Å²) in [5, 5.41) is 8.92. The van der Waals surface area contributed by atoms with Crippen molar-refractivity contribution in [3.63, 3.8) is 0 Å². The van der Waals surface area contributed by atoms with Crippen molar-refractivity contribution in [3.05, 3.63) is 25.0 Å². The second-order valence-electron chi connectivity index (χ2n) is 3.01. The van der Waals surface area contributed by atoms with Gasteiger partial charge in [0.2, 0.25) is 0 Å². The third-order valence-electron chi connectivity index (χ3n) is 1.90. The van der Waals surface area contributed by atoms with Crippen molar-refractivity contribution in [2.24, 2.45) is 0 Å². The van der Waals surface area contributed by atoms with Crippen molar-refractivity contribution in [1.29, 1.82) is 0 Å². The summed E-state index contributed by atoms with van der Waals surface area (Å²) in [4.78, 5) is 14.7. The number of carbonyl (C=O) groups excluding carboxylic acids is 1. The topological polar surface area (TPSA) is 43.8 Å². The number of aliphatic hydroxyl groups excluding tert-OH is 1. The van der Waals surface area contributed by atoms with Crippen LogP contribution < -0.4 is 0 Å². The first-order valence-electron chi connectivity index (χ1n) is 4.16. The fourth-order valence-electron chi connectivity index (χ4n) is 1.32. The van der Waals surface area contributed by atoms with Gasteiger partial charge in [-0.1, -0.05) is 12.7 Å². The average molecular weight is 182 g/mol. The van der Waals surface area contributed by atoms with E-state index in [1.807, 2.05) is 0 Å². The van der Waals surface area contributed by atoms with Gasteiger partial charge in [-0.3, -0.25) is 0 Å². The highest BCUT2D eigenvalue weighted by Crippen LogP contribution is 2.09. The van der Waals surface area contributed by atoms with E-state index in [9.17, 15) is 4.79 Å². The number of rotatable bonds is 4. The Morgan fingerprint density at radius 1 is 1.54 bits per heavy atom. The molecule has 0 atom stereocenters. The number of hydrogen-bond acceptors (Lipinski definition) is 2. The average Bonchev–Trinajstić information content (AvgIpc) is 2.36. The molecule has 4 nitrogen and oxygen atoms in total. The summed E-state index contributed by atoms with van der Waals surface area (Å²) in [6.45, 7) is 9.04. The lowest BCUT2D eigenvalue weighted by atomic mass is 10.5. The maximum atomic E-state index is 11.5. The molecule has 0 spiro atoms. The Kier molecular flexibility index (Phi) is 2.95. The molecular formula is C9H14N2O2. The third-order valence-corrected chi connectivity index (χ3v) is 1.90. The first-order chi connectivity index (χ1) is 6.15. The van der Waals surface area contributed by atoms with Crippen molar-refractivity contribution in [1.82, 2.24) is 9.80 Å². The molecular weight excluding hydrogens is 168 g/mol. The summed E-state index contributed by atoms with van der Waals surface area (Å²) >= 11 is 0. The van der Waals surface area contributed by atoms with Gasteiger partial charge in [0.1, 0.15) is 5.76 Å². The predicted octanol–water partition coefficient (Wildman–Crippen LogP) is 0.982. The second kappa shape index (κ2) is 3.98.